The fourth-order valence-electron chi connectivity index (χ4n) is 3.93. The van der Waals surface area contributed by atoms with Crippen LogP contribution in [0.15, 0.2) is 47.4 Å². The molecule has 0 spiro atoms. The maximum Gasteiger partial charge on any atom is 0.127 e. The van der Waals surface area contributed by atoms with Crippen LogP contribution in [-0.2, 0) is 5.75 Å². The normalized spacial score (nSPS) is 16.8. The standard InChI is InChI=1S/C21H25FS/c1-3-8-15(9-4-2)21-16-11-7-12-19(22)18(16)14-23-20-13-6-5-10-17(20)21/h5-7,10-13,15,21H,3-4,8-9,14H2,1-2H3/t21-/m0/s1. The van der Waals surface area contributed by atoms with Gasteiger partial charge in [0.05, 0.1) is 0 Å². The van der Waals surface area contributed by atoms with Gasteiger partial charge >= 0.3 is 0 Å². The van der Waals surface area contributed by atoms with E-state index in [4.69, 9.17) is 0 Å². The zero-order chi connectivity index (χ0) is 16.2. The number of thioether (sulfide) groups is 1. The van der Waals surface area contributed by atoms with Gasteiger partial charge in [-0.15, -0.1) is 11.8 Å². The van der Waals surface area contributed by atoms with Crippen LogP contribution < -0.4 is 0 Å². The maximum absolute atomic E-state index is 14.5. The molecular formula is C21H25FS. The second kappa shape index (κ2) is 7.53. The molecule has 0 aromatic heterocycles. The maximum atomic E-state index is 14.5. The molecule has 0 unspecified atom stereocenters. The van der Waals surface area contributed by atoms with Crippen molar-refractivity contribution in [1.82, 2.24) is 0 Å². The smallest absolute Gasteiger partial charge is 0.127 e. The second-order valence-corrected chi connectivity index (χ2v) is 7.47. The van der Waals surface area contributed by atoms with Crippen molar-refractivity contribution in [2.24, 2.45) is 5.92 Å². The highest BCUT2D eigenvalue weighted by atomic mass is 32.2. The molecule has 122 valence electrons. The Morgan fingerprint density at radius 3 is 2.43 bits per heavy atom. The van der Waals surface area contributed by atoms with E-state index in [2.05, 4.69) is 44.2 Å². The van der Waals surface area contributed by atoms with Crippen molar-refractivity contribution >= 4 is 11.8 Å². The van der Waals surface area contributed by atoms with E-state index >= 15 is 0 Å². The van der Waals surface area contributed by atoms with E-state index < -0.39 is 0 Å². The third-order valence-electron chi connectivity index (χ3n) is 4.91. The molecular weight excluding hydrogens is 303 g/mol. The van der Waals surface area contributed by atoms with E-state index in [1.807, 2.05) is 6.07 Å². The summed E-state index contributed by atoms with van der Waals surface area (Å²) in [4.78, 5) is 1.32. The molecule has 0 N–H and O–H groups in total. The van der Waals surface area contributed by atoms with Crippen LogP contribution in [-0.4, -0.2) is 0 Å². The predicted octanol–water partition coefficient (Wildman–Crippen LogP) is 6.78. The number of rotatable bonds is 5. The number of hydrogen-bond donors (Lipinski definition) is 0. The molecule has 0 nitrogen and oxygen atoms in total. The molecule has 0 saturated heterocycles. The van der Waals surface area contributed by atoms with Gasteiger partial charge in [0.15, 0.2) is 0 Å². The van der Waals surface area contributed by atoms with E-state index in [0.29, 0.717) is 11.8 Å². The van der Waals surface area contributed by atoms with Gasteiger partial charge in [0.25, 0.3) is 0 Å². The number of benzene rings is 2. The van der Waals surface area contributed by atoms with Crippen LogP contribution >= 0.6 is 11.8 Å². The first-order valence-corrected chi connectivity index (χ1v) is 9.73. The molecule has 1 aliphatic heterocycles. The molecule has 0 aliphatic carbocycles. The minimum Gasteiger partial charge on any atom is -0.207 e. The summed E-state index contributed by atoms with van der Waals surface area (Å²) in [5.41, 5.74) is 3.53. The van der Waals surface area contributed by atoms with Crippen LogP contribution in [0.4, 0.5) is 4.39 Å². The Hall–Kier alpha value is -1.28. The monoisotopic (exact) mass is 328 g/mol. The first-order valence-electron chi connectivity index (χ1n) is 8.75. The van der Waals surface area contributed by atoms with E-state index in [0.717, 1.165) is 11.3 Å². The number of fused-ring (bicyclic) bond motifs is 2. The zero-order valence-electron chi connectivity index (χ0n) is 14.0. The van der Waals surface area contributed by atoms with Crippen LogP contribution in [0, 0.1) is 11.7 Å². The Labute approximate surface area is 143 Å². The largest absolute Gasteiger partial charge is 0.207 e. The van der Waals surface area contributed by atoms with Gasteiger partial charge in [-0.1, -0.05) is 57.0 Å². The first-order chi connectivity index (χ1) is 11.3. The third-order valence-corrected chi connectivity index (χ3v) is 6.02. The van der Waals surface area contributed by atoms with E-state index in [1.165, 1.54) is 41.7 Å². The molecule has 1 heterocycles. The summed E-state index contributed by atoms with van der Waals surface area (Å²) in [5.74, 6) is 1.61. The summed E-state index contributed by atoms with van der Waals surface area (Å²) in [6, 6.07) is 14.3. The Kier molecular flexibility index (Phi) is 5.42. The predicted molar refractivity (Wildman–Crippen MR) is 97.6 cm³/mol. The Bertz CT molecular complexity index is 659. The summed E-state index contributed by atoms with van der Waals surface area (Å²) >= 11 is 1.78. The molecule has 1 atom stereocenters. The van der Waals surface area contributed by atoms with Crippen molar-refractivity contribution in [2.45, 2.75) is 56.1 Å². The molecule has 2 heteroatoms. The summed E-state index contributed by atoms with van der Waals surface area (Å²) in [6.07, 6.45) is 4.77. The van der Waals surface area contributed by atoms with Crippen molar-refractivity contribution < 1.29 is 4.39 Å². The summed E-state index contributed by atoms with van der Waals surface area (Å²) in [5, 5.41) is 0. The zero-order valence-corrected chi connectivity index (χ0v) is 14.8. The Morgan fingerprint density at radius 1 is 1.00 bits per heavy atom. The van der Waals surface area contributed by atoms with Crippen LogP contribution in [0.2, 0.25) is 0 Å². The molecule has 3 rings (SSSR count). The lowest BCUT2D eigenvalue weighted by Crippen LogP contribution is -2.16. The topological polar surface area (TPSA) is 0 Å². The van der Waals surface area contributed by atoms with Gasteiger partial charge in [0.2, 0.25) is 0 Å². The highest BCUT2D eigenvalue weighted by Crippen LogP contribution is 2.46. The van der Waals surface area contributed by atoms with Gasteiger partial charge in [-0.3, -0.25) is 0 Å². The van der Waals surface area contributed by atoms with Crippen molar-refractivity contribution in [1.29, 1.82) is 0 Å². The third kappa shape index (κ3) is 3.33. The van der Waals surface area contributed by atoms with Crippen molar-refractivity contribution in [3.05, 3.63) is 65.0 Å². The van der Waals surface area contributed by atoms with Crippen LogP contribution in [0.25, 0.3) is 0 Å². The highest BCUT2D eigenvalue weighted by Gasteiger charge is 2.30. The molecule has 0 radical (unpaired) electrons. The average Bonchev–Trinajstić information content (AvgIpc) is 2.72. The molecule has 0 bridgehead atoms. The average molecular weight is 328 g/mol. The second-order valence-electron chi connectivity index (χ2n) is 6.45. The first kappa shape index (κ1) is 16.6. The summed E-state index contributed by atoms with van der Waals surface area (Å²) in [7, 11) is 0. The van der Waals surface area contributed by atoms with Crippen molar-refractivity contribution in [3.8, 4) is 0 Å². The Morgan fingerprint density at radius 2 is 1.70 bits per heavy atom. The minimum absolute atomic E-state index is 0.0421. The lowest BCUT2D eigenvalue weighted by atomic mass is 9.75. The SMILES string of the molecule is CCCC(CCC)[C@@H]1c2ccccc2SCc2c(F)cccc21. The van der Waals surface area contributed by atoms with Gasteiger partial charge in [0.1, 0.15) is 5.82 Å². The molecule has 23 heavy (non-hydrogen) atoms. The van der Waals surface area contributed by atoms with Crippen LogP contribution in [0.3, 0.4) is 0 Å². The van der Waals surface area contributed by atoms with E-state index in [9.17, 15) is 4.39 Å². The van der Waals surface area contributed by atoms with Gasteiger partial charge in [-0.25, -0.2) is 4.39 Å². The lowest BCUT2D eigenvalue weighted by molar-refractivity contribution is 0.391. The van der Waals surface area contributed by atoms with Crippen LogP contribution in [0.1, 0.15) is 62.1 Å². The van der Waals surface area contributed by atoms with Gasteiger partial charge in [-0.2, -0.15) is 0 Å². The molecule has 0 fully saturated rings. The number of hydrogen-bond acceptors (Lipinski definition) is 1. The number of halogens is 1. The van der Waals surface area contributed by atoms with E-state index in [-0.39, 0.29) is 5.82 Å². The lowest BCUT2D eigenvalue weighted by Gasteiger charge is -2.29. The molecule has 2 aromatic carbocycles. The van der Waals surface area contributed by atoms with Gasteiger partial charge in [0, 0.05) is 22.1 Å². The fraction of sp³-hybridized carbons (Fsp3) is 0.429. The molecule has 0 amide bonds. The highest BCUT2D eigenvalue weighted by molar-refractivity contribution is 7.98. The fourth-order valence-corrected chi connectivity index (χ4v) is 5.07. The molecule has 1 aliphatic rings. The molecule has 2 aromatic rings. The quantitative estimate of drug-likeness (QED) is 0.583. The van der Waals surface area contributed by atoms with Gasteiger partial charge < -0.3 is 0 Å². The van der Waals surface area contributed by atoms with E-state index in [1.54, 1.807) is 17.8 Å². The Balaban J connectivity index is 2.16. The van der Waals surface area contributed by atoms with Crippen molar-refractivity contribution in [2.75, 3.05) is 0 Å². The van der Waals surface area contributed by atoms with Crippen LogP contribution in [0.5, 0.6) is 0 Å². The van der Waals surface area contributed by atoms with Crippen molar-refractivity contribution in [3.63, 3.8) is 0 Å². The van der Waals surface area contributed by atoms with Gasteiger partial charge in [-0.05, 0) is 42.0 Å². The summed E-state index contributed by atoms with van der Waals surface area (Å²) in [6.45, 7) is 4.51. The molecule has 0 saturated carbocycles. The minimum atomic E-state index is -0.0421. The summed E-state index contributed by atoms with van der Waals surface area (Å²) < 4.78 is 14.5.